The Morgan fingerprint density at radius 1 is 1.56 bits per heavy atom. The molecule has 0 aliphatic heterocycles. The van der Waals surface area contributed by atoms with Crippen molar-refractivity contribution < 1.29 is 18.5 Å². The minimum absolute atomic E-state index is 0.0243. The maximum atomic E-state index is 13.5. The van der Waals surface area contributed by atoms with Crippen LogP contribution in [-0.4, -0.2) is 33.3 Å². The Hall–Kier alpha value is -1.27. The van der Waals surface area contributed by atoms with E-state index >= 15 is 0 Å². The van der Waals surface area contributed by atoms with Gasteiger partial charge < -0.3 is 10.4 Å². The highest BCUT2D eigenvalue weighted by atomic mass is 32.2. The molecule has 100 valence electrons. The van der Waals surface area contributed by atoms with Crippen molar-refractivity contribution in [2.24, 2.45) is 0 Å². The molecule has 0 aliphatic rings. The number of carbonyl (C=O) groups is 1. The van der Waals surface area contributed by atoms with Gasteiger partial charge in [-0.2, -0.15) is 0 Å². The van der Waals surface area contributed by atoms with E-state index in [1.165, 1.54) is 12.1 Å². The molecule has 1 aromatic rings. The fourth-order valence-electron chi connectivity index (χ4n) is 1.54. The van der Waals surface area contributed by atoms with Gasteiger partial charge in [0, 0.05) is 41.0 Å². The number of hydrogen-bond donors (Lipinski definition) is 2. The Balaban J connectivity index is 2.69. The van der Waals surface area contributed by atoms with Crippen LogP contribution < -0.4 is 5.32 Å². The van der Waals surface area contributed by atoms with Crippen LogP contribution in [0.25, 0.3) is 0 Å². The summed E-state index contributed by atoms with van der Waals surface area (Å²) in [5.74, 6) is -1.06. The van der Waals surface area contributed by atoms with Crippen molar-refractivity contribution in [1.29, 1.82) is 0 Å². The van der Waals surface area contributed by atoms with Gasteiger partial charge >= 0.3 is 5.97 Å². The first-order valence-electron chi connectivity index (χ1n) is 5.45. The van der Waals surface area contributed by atoms with Crippen LogP contribution in [0.2, 0.25) is 0 Å². The van der Waals surface area contributed by atoms with Gasteiger partial charge in [-0.15, -0.1) is 0 Å². The van der Waals surface area contributed by atoms with Crippen LogP contribution >= 0.6 is 0 Å². The molecule has 0 fully saturated rings. The van der Waals surface area contributed by atoms with Gasteiger partial charge in [-0.1, -0.05) is 0 Å². The zero-order valence-corrected chi connectivity index (χ0v) is 11.1. The van der Waals surface area contributed by atoms with Crippen LogP contribution in [0.5, 0.6) is 0 Å². The number of benzene rings is 1. The summed E-state index contributed by atoms with van der Waals surface area (Å²) in [4.78, 5) is 10.8. The van der Waals surface area contributed by atoms with Crippen molar-refractivity contribution >= 4 is 16.8 Å². The average Bonchev–Trinajstić information content (AvgIpc) is 2.26. The molecule has 4 nitrogen and oxygen atoms in total. The van der Waals surface area contributed by atoms with E-state index in [2.05, 4.69) is 5.32 Å². The normalized spacial score (nSPS) is 14.2. The van der Waals surface area contributed by atoms with Crippen molar-refractivity contribution in [3.8, 4) is 0 Å². The molecular formula is C12H16FNO3S. The lowest BCUT2D eigenvalue weighted by molar-refractivity contribution is 0.0696. The van der Waals surface area contributed by atoms with Gasteiger partial charge in [0.05, 0.1) is 5.56 Å². The Morgan fingerprint density at radius 3 is 2.78 bits per heavy atom. The molecule has 0 heterocycles. The van der Waals surface area contributed by atoms with Crippen molar-refractivity contribution in [3.05, 3.63) is 35.1 Å². The fourth-order valence-corrected chi connectivity index (χ4v) is 2.36. The summed E-state index contributed by atoms with van der Waals surface area (Å²) < 4.78 is 24.4. The number of carboxylic acid groups (broad SMARTS) is 1. The zero-order valence-electron chi connectivity index (χ0n) is 10.3. The molecule has 6 heteroatoms. The smallest absolute Gasteiger partial charge is 0.335 e. The fraction of sp³-hybridized carbons (Fsp3) is 0.417. The third-order valence-electron chi connectivity index (χ3n) is 2.42. The minimum Gasteiger partial charge on any atom is -0.478 e. The zero-order chi connectivity index (χ0) is 13.7. The summed E-state index contributed by atoms with van der Waals surface area (Å²) in [5.41, 5.74) is 0.351. The Labute approximate surface area is 108 Å². The molecule has 0 saturated carbocycles. The lowest BCUT2D eigenvalue weighted by atomic mass is 10.1. The van der Waals surface area contributed by atoms with Gasteiger partial charge in [-0.3, -0.25) is 4.21 Å². The van der Waals surface area contributed by atoms with Crippen LogP contribution in [0.3, 0.4) is 0 Å². The van der Waals surface area contributed by atoms with Gasteiger partial charge in [0.25, 0.3) is 0 Å². The predicted molar refractivity (Wildman–Crippen MR) is 68.6 cm³/mol. The van der Waals surface area contributed by atoms with Gasteiger partial charge in [-0.25, -0.2) is 9.18 Å². The van der Waals surface area contributed by atoms with Crippen molar-refractivity contribution in [3.63, 3.8) is 0 Å². The standard InChI is InChI=1S/C12H16FNO3S/c1-8(7-18(2)17)14-6-10-5-9(12(15)16)3-4-11(10)13/h3-5,8,14H,6-7H2,1-2H3,(H,15,16). The summed E-state index contributed by atoms with van der Waals surface area (Å²) in [5, 5.41) is 11.8. The molecular weight excluding hydrogens is 257 g/mol. The Kier molecular flexibility index (Phi) is 5.43. The second-order valence-corrected chi connectivity index (χ2v) is 5.61. The average molecular weight is 273 g/mol. The highest BCUT2D eigenvalue weighted by Crippen LogP contribution is 2.11. The third-order valence-corrected chi connectivity index (χ3v) is 3.39. The van der Waals surface area contributed by atoms with Crippen LogP contribution in [0.4, 0.5) is 4.39 Å². The number of rotatable bonds is 6. The molecule has 0 radical (unpaired) electrons. The Morgan fingerprint density at radius 2 is 2.22 bits per heavy atom. The molecule has 2 unspecified atom stereocenters. The van der Waals surface area contributed by atoms with E-state index in [0.717, 1.165) is 6.07 Å². The summed E-state index contributed by atoms with van der Waals surface area (Å²) >= 11 is 0. The van der Waals surface area contributed by atoms with Gasteiger partial charge in [-0.05, 0) is 25.1 Å². The van der Waals surface area contributed by atoms with E-state index in [1.807, 2.05) is 6.92 Å². The highest BCUT2D eigenvalue weighted by molar-refractivity contribution is 7.84. The maximum Gasteiger partial charge on any atom is 0.335 e. The van der Waals surface area contributed by atoms with Crippen molar-refractivity contribution in [1.82, 2.24) is 5.32 Å². The molecule has 0 amide bonds. The predicted octanol–water partition coefficient (Wildman–Crippen LogP) is 1.38. The highest BCUT2D eigenvalue weighted by Gasteiger charge is 2.10. The van der Waals surface area contributed by atoms with Crippen molar-refractivity contribution in [2.45, 2.75) is 19.5 Å². The summed E-state index contributed by atoms with van der Waals surface area (Å²) in [6.07, 6.45) is 1.60. The first kappa shape index (κ1) is 14.8. The first-order chi connectivity index (χ1) is 8.40. The van der Waals surface area contributed by atoms with E-state index in [-0.39, 0.29) is 18.2 Å². The van der Waals surface area contributed by atoms with Gasteiger partial charge in [0.1, 0.15) is 5.82 Å². The monoisotopic (exact) mass is 273 g/mol. The lowest BCUT2D eigenvalue weighted by Gasteiger charge is -2.13. The first-order valence-corrected chi connectivity index (χ1v) is 7.18. The van der Waals surface area contributed by atoms with Gasteiger partial charge in [0.2, 0.25) is 0 Å². The number of nitrogens with one attached hydrogen (secondary N) is 1. The molecule has 2 atom stereocenters. The second kappa shape index (κ2) is 6.61. The van der Waals surface area contributed by atoms with Crippen LogP contribution in [0.15, 0.2) is 18.2 Å². The molecule has 0 bridgehead atoms. The number of aromatic carboxylic acids is 1. The summed E-state index contributed by atoms with van der Waals surface area (Å²) in [6.45, 7) is 2.06. The largest absolute Gasteiger partial charge is 0.478 e. The molecule has 0 aromatic heterocycles. The molecule has 1 rings (SSSR count). The van der Waals surface area contributed by atoms with E-state index in [1.54, 1.807) is 6.26 Å². The lowest BCUT2D eigenvalue weighted by Crippen LogP contribution is -2.30. The molecule has 2 N–H and O–H groups in total. The quantitative estimate of drug-likeness (QED) is 0.822. The van der Waals surface area contributed by atoms with Crippen LogP contribution in [-0.2, 0) is 17.3 Å². The van der Waals surface area contributed by atoms with E-state index in [9.17, 15) is 13.4 Å². The van der Waals surface area contributed by atoms with Crippen molar-refractivity contribution in [2.75, 3.05) is 12.0 Å². The van der Waals surface area contributed by atoms with E-state index < -0.39 is 22.6 Å². The molecule has 0 aliphatic carbocycles. The number of halogens is 1. The molecule has 0 saturated heterocycles. The van der Waals surface area contributed by atoms with Crippen LogP contribution in [0, 0.1) is 5.82 Å². The van der Waals surface area contributed by atoms with Crippen LogP contribution in [0.1, 0.15) is 22.8 Å². The minimum atomic E-state index is -1.08. The Bertz CT molecular complexity index is 465. The van der Waals surface area contributed by atoms with E-state index in [4.69, 9.17) is 5.11 Å². The molecule has 1 aromatic carbocycles. The third kappa shape index (κ3) is 4.54. The summed E-state index contributed by atoms with van der Waals surface area (Å²) in [6, 6.07) is 3.65. The molecule has 0 spiro atoms. The second-order valence-electron chi connectivity index (χ2n) is 4.13. The number of carboxylic acids is 1. The summed E-state index contributed by atoms with van der Waals surface area (Å²) in [7, 11) is -0.921. The topological polar surface area (TPSA) is 66.4 Å². The van der Waals surface area contributed by atoms with E-state index in [0.29, 0.717) is 11.3 Å². The maximum absolute atomic E-state index is 13.5. The van der Waals surface area contributed by atoms with Gasteiger partial charge in [0.15, 0.2) is 0 Å². The molecule has 18 heavy (non-hydrogen) atoms. The SMILES string of the molecule is CC(CS(C)=O)NCc1cc(C(=O)O)ccc1F. The number of hydrogen-bond acceptors (Lipinski definition) is 3.